The molecule has 5 nitrogen and oxygen atoms in total. The fourth-order valence-corrected chi connectivity index (χ4v) is 2.54. The van der Waals surface area contributed by atoms with Gasteiger partial charge in [0.25, 0.3) is 5.91 Å². The monoisotopic (exact) mass is 236 g/mol. The Hall–Kier alpha value is -1.36. The molecule has 2 heterocycles. The second kappa shape index (κ2) is 4.49. The third-order valence-electron chi connectivity index (χ3n) is 3.32. The molecule has 0 bridgehead atoms. The van der Waals surface area contributed by atoms with Crippen molar-refractivity contribution in [1.82, 2.24) is 14.5 Å². The van der Waals surface area contributed by atoms with Crippen LogP contribution in [0, 0.1) is 0 Å². The van der Waals surface area contributed by atoms with Crippen LogP contribution in [0.5, 0.6) is 0 Å². The Morgan fingerprint density at radius 1 is 1.47 bits per heavy atom. The highest BCUT2D eigenvalue weighted by molar-refractivity contribution is 5.89. The van der Waals surface area contributed by atoms with E-state index in [1.807, 2.05) is 10.8 Å². The van der Waals surface area contributed by atoms with E-state index in [1.54, 1.807) is 6.20 Å². The van der Waals surface area contributed by atoms with Crippen LogP contribution in [0.3, 0.4) is 0 Å². The number of hydrogen-bond donors (Lipinski definition) is 1. The van der Waals surface area contributed by atoms with E-state index in [1.165, 1.54) is 12.8 Å². The normalized spacial score (nSPS) is 17.5. The molecule has 1 aliphatic heterocycles. The van der Waals surface area contributed by atoms with Crippen LogP contribution >= 0.6 is 0 Å². The van der Waals surface area contributed by atoms with Gasteiger partial charge in [-0.15, -0.1) is 0 Å². The molecular formula is C12H20N4O. The lowest BCUT2D eigenvalue weighted by atomic mass is 10.0. The predicted octanol–water partition coefficient (Wildman–Crippen LogP) is 0.813. The summed E-state index contributed by atoms with van der Waals surface area (Å²) < 4.78 is 1.88. The zero-order chi connectivity index (χ0) is 12.5. The van der Waals surface area contributed by atoms with E-state index in [0.717, 1.165) is 19.6 Å². The minimum absolute atomic E-state index is 0.162. The van der Waals surface area contributed by atoms with Crippen LogP contribution in [0.25, 0.3) is 0 Å². The van der Waals surface area contributed by atoms with Crippen LogP contribution in [0.4, 0.5) is 0 Å². The number of nitrogens with two attached hydrogens (primary N) is 1. The second-order valence-electron chi connectivity index (χ2n) is 5.28. The number of imidazole rings is 1. The van der Waals surface area contributed by atoms with Crippen LogP contribution in [0.15, 0.2) is 12.4 Å². The summed E-state index contributed by atoms with van der Waals surface area (Å²) in [7, 11) is 0. The van der Waals surface area contributed by atoms with Crippen molar-refractivity contribution in [2.75, 3.05) is 19.6 Å². The summed E-state index contributed by atoms with van der Waals surface area (Å²) in [6.07, 6.45) is 5.99. The number of likely N-dealkylation sites (tertiary alicyclic amines) is 1. The van der Waals surface area contributed by atoms with Crippen molar-refractivity contribution in [2.45, 2.75) is 32.2 Å². The highest BCUT2D eigenvalue weighted by Gasteiger charge is 2.28. The molecule has 0 saturated carbocycles. The van der Waals surface area contributed by atoms with Gasteiger partial charge in [0.15, 0.2) is 5.82 Å². The van der Waals surface area contributed by atoms with Crippen LogP contribution < -0.4 is 5.73 Å². The van der Waals surface area contributed by atoms with Crippen molar-refractivity contribution in [3.8, 4) is 0 Å². The first-order valence-corrected chi connectivity index (χ1v) is 6.07. The highest BCUT2D eigenvalue weighted by Crippen LogP contribution is 2.21. The third-order valence-corrected chi connectivity index (χ3v) is 3.32. The molecule has 0 spiro atoms. The van der Waals surface area contributed by atoms with E-state index in [4.69, 9.17) is 5.73 Å². The van der Waals surface area contributed by atoms with E-state index in [0.29, 0.717) is 5.82 Å². The van der Waals surface area contributed by atoms with E-state index >= 15 is 0 Å². The summed E-state index contributed by atoms with van der Waals surface area (Å²) in [5.74, 6) is -0.126. The Balaban J connectivity index is 2.17. The molecule has 2 N–H and O–H groups in total. The van der Waals surface area contributed by atoms with Gasteiger partial charge < -0.3 is 15.2 Å². The van der Waals surface area contributed by atoms with Gasteiger partial charge in [0.2, 0.25) is 0 Å². The molecule has 2 rings (SSSR count). The lowest BCUT2D eigenvalue weighted by Crippen LogP contribution is -2.41. The molecule has 1 aliphatic rings. The third kappa shape index (κ3) is 2.49. The van der Waals surface area contributed by atoms with Crippen LogP contribution in [0.1, 0.15) is 37.3 Å². The largest absolute Gasteiger partial charge is 0.363 e. The lowest BCUT2D eigenvalue weighted by molar-refractivity contribution is 0.0973. The molecule has 5 heteroatoms. The quantitative estimate of drug-likeness (QED) is 0.841. The Morgan fingerprint density at radius 3 is 2.71 bits per heavy atom. The second-order valence-corrected chi connectivity index (χ2v) is 5.28. The molecule has 0 aliphatic carbocycles. The number of hydrogen-bond acceptors (Lipinski definition) is 3. The van der Waals surface area contributed by atoms with Crippen molar-refractivity contribution < 1.29 is 4.79 Å². The van der Waals surface area contributed by atoms with Crippen LogP contribution in [-0.2, 0) is 5.54 Å². The van der Waals surface area contributed by atoms with Crippen molar-refractivity contribution in [2.24, 2.45) is 5.73 Å². The van der Waals surface area contributed by atoms with E-state index in [-0.39, 0.29) is 5.54 Å². The smallest absolute Gasteiger partial charge is 0.284 e. The molecular weight excluding hydrogens is 216 g/mol. The van der Waals surface area contributed by atoms with Gasteiger partial charge in [-0.05, 0) is 39.8 Å². The maximum Gasteiger partial charge on any atom is 0.284 e. The molecule has 17 heavy (non-hydrogen) atoms. The molecule has 1 saturated heterocycles. The van der Waals surface area contributed by atoms with Crippen molar-refractivity contribution in [3.05, 3.63) is 18.2 Å². The first-order valence-electron chi connectivity index (χ1n) is 6.07. The van der Waals surface area contributed by atoms with Gasteiger partial charge in [-0.3, -0.25) is 4.79 Å². The number of primary amides is 1. The summed E-state index contributed by atoms with van der Waals surface area (Å²) in [6.45, 7) is 7.43. The fourth-order valence-electron chi connectivity index (χ4n) is 2.54. The fraction of sp³-hybridized carbons (Fsp3) is 0.667. The molecule has 0 unspecified atom stereocenters. The summed E-state index contributed by atoms with van der Waals surface area (Å²) in [5.41, 5.74) is 5.17. The van der Waals surface area contributed by atoms with E-state index < -0.39 is 5.91 Å². The van der Waals surface area contributed by atoms with E-state index in [9.17, 15) is 4.79 Å². The van der Waals surface area contributed by atoms with Gasteiger partial charge in [0.05, 0.1) is 5.54 Å². The van der Waals surface area contributed by atoms with E-state index in [2.05, 4.69) is 23.7 Å². The average molecular weight is 236 g/mol. The molecule has 94 valence electrons. The highest BCUT2D eigenvalue weighted by atomic mass is 16.1. The first-order chi connectivity index (χ1) is 8.00. The summed E-state index contributed by atoms with van der Waals surface area (Å²) in [5, 5.41) is 0. The number of nitrogens with zero attached hydrogens (tertiary/aromatic N) is 3. The minimum atomic E-state index is -0.468. The van der Waals surface area contributed by atoms with Crippen molar-refractivity contribution in [1.29, 1.82) is 0 Å². The molecule has 0 aromatic carbocycles. The maximum absolute atomic E-state index is 11.3. The van der Waals surface area contributed by atoms with Gasteiger partial charge >= 0.3 is 0 Å². The Bertz CT molecular complexity index is 404. The Kier molecular flexibility index (Phi) is 3.19. The number of amides is 1. The zero-order valence-electron chi connectivity index (χ0n) is 10.5. The summed E-state index contributed by atoms with van der Waals surface area (Å²) >= 11 is 0. The standard InChI is InChI=1S/C12H20N4O/c1-12(2,9-15-6-3-4-7-15)16-8-5-14-11(16)10(13)17/h5,8H,3-4,6-7,9H2,1-2H3,(H2,13,17). The summed E-state index contributed by atoms with van der Waals surface area (Å²) in [4.78, 5) is 17.7. The lowest BCUT2D eigenvalue weighted by Gasteiger charge is -2.32. The van der Waals surface area contributed by atoms with Gasteiger partial charge in [-0.2, -0.15) is 0 Å². The Labute approximate surface area is 102 Å². The maximum atomic E-state index is 11.3. The van der Waals surface area contributed by atoms with Gasteiger partial charge in [0, 0.05) is 18.9 Å². The number of rotatable bonds is 4. The molecule has 0 atom stereocenters. The van der Waals surface area contributed by atoms with Gasteiger partial charge in [0.1, 0.15) is 0 Å². The van der Waals surface area contributed by atoms with Crippen molar-refractivity contribution in [3.63, 3.8) is 0 Å². The molecule has 1 aromatic rings. The first kappa shape index (κ1) is 12.1. The number of carbonyl (C=O) groups is 1. The van der Waals surface area contributed by atoms with Crippen LogP contribution in [0.2, 0.25) is 0 Å². The van der Waals surface area contributed by atoms with Crippen molar-refractivity contribution >= 4 is 5.91 Å². The minimum Gasteiger partial charge on any atom is -0.363 e. The summed E-state index contributed by atoms with van der Waals surface area (Å²) in [6, 6.07) is 0. The molecule has 1 fully saturated rings. The molecule has 1 aromatic heterocycles. The number of carbonyl (C=O) groups excluding carboxylic acids is 1. The number of aromatic nitrogens is 2. The predicted molar refractivity (Wildman–Crippen MR) is 65.7 cm³/mol. The molecule has 0 radical (unpaired) electrons. The SMILES string of the molecule is CC(C)(CN1CCCC1)n1ccnc1C(N)=O. The van der Waals surface area contributed by atoms with Gasteiger partial charge in [-0.1, -0.05) is 0 Å². The van der Waals surface area contributed by atoms with Gasteiger partial charge in [-0.25, -0.2) is 4.98 Å². The van der Waals surface area contributed by atoms with Crippen LogP contribution in [-0.4, -0.2) is 40.0 Å². The topological polar surface area (TPSA) is 64.2 Å². The molecule has 1 amide bonds. The zero-order valence-corrected chi connectivity index (χ0v) is 10.5. The Morgan fingerprint density at radius 2 is 2.12 bits per heavy atom. The average Bonchev–Trinajstić information content (AvgIpc) is 2.84.